The maximum absolute atomic E-state index is 13.3. The highest BCUT2D eigenvalue weighted by Crippen LogP contribution is 2.25. The fraction of sp³-hybridized carbons (Fsp3) is 0.160. The van der Waals surface area contributed by atoms with Crippen molar-refractivity contribution in [2.75, 3.05) is 18.4 Å². The number of nitrogens with one attached hydrogen (secondary N) is 1. The lowest BCUT2D eigenvalue weighted by molar-refractivity contribution is 0.0774. The smallest absolute Gasteiger partial charge is 0.259 e. The first-order valence-electron chi connectivity index (χ1n) is 10.4. The number of nitrogens with zero attached hydrogens (tertiary/aromatic N) is 3. The highest BCUT2D eigenvalue weighted by Gasteiger charge is 2.24. The quantitative estimate of drug-likeness (QED) is 0.496. The van der Waals surface area contributed by atoms with Gasteiger partial charge in [0, 0.05) is 18.7 Å². The van der Waals surface area contributed by atoms with Crippen molar-refractivity contribution in [1.29, 1.82) is 0 Å². The first kappa shape index (κ1) is 20.3. The number of para-hydroxylation sites is 1. The Kier molecular flexibility index (Phi) is 5.80. The predicted molar refractivity (Wildman–Crippen MR) is 123 cm³/mol. The molecule has 0 aliphatic carbocycles. The third-order valence-corrected chi connectivity index (χ3v) is 5.32. The van der Waals surface area contributed by atoms with Gasteiger partial charge in [0.15, 0.2) is 0 Å². The van der Waals surface area contributed by atoms with Crippen molar-refractivity contribution in [2.45, 2.75) is 13.8 Å². The van der Waals surface area contributed by atoms with Gasteiger partial charge in [-0.05, 0) is 42.8 Å². The summed E-state index contributed by atoms with van der Waals surface area (Å²) in [6.45, 7) is 5.00. The monoisotopic (exact) mass is 412 g/mol. The number of hydrogen-bond donors (Lipinski definition) is 1. The lowest BCUT2D eigenvalue weighted by atomic mass is 10.0. The van der Waals surface area contributed by atoms with Crippen LogP contribution in [0.5, 0.6) is 0 Å². The maximum Gasteiger partial charge on any atom is 0.259 e. The Hall–Kier alpha value is -3.93. The summed E-state index contributed by atoms with van der Waals surface area (Å²) >= 11 is 0. The van der Waals surface area contributed by atoms with Crippen molar-refractivity contribution in [3.05, 3.63) is 90.1 Å². The molecule has 1 aromatic heterocycles. The molecule has 0 unspecified atom stereocenters. The molecule has 0 atom stereocenters. The summed E-state index contributed by atoms with van der Waals surface area (Å²) in [4.78, 5) is 28.1. The average Bonchev–Trinajstić information content (AvgIpc) is 3.23. The van der Waals surface area contributed by atoms with Gasteiger partial charge in [-0.3, -0.25) is 9.59 Å². The first-order valence-corrected chi connectivity index (χ1v) is 10.4. The summed E-state index contributed by atoms with van der Waals surface area (Å²) in [5, 5.41) is 9.22. The molecule has 0 aliphatic rings. The molecule has 4 aromatic rings. The Balaban J connectivity index is 1.79. The zero-order valence-electron chi connectivity index (χ0n) is 17.6. The number of anilines is 1. The van der Waals surface area contributed by atoms with Crippen LogP contribution < -0.4 is 5.32 Å². The second-order valence-electron chi connectivity index (χ2n) is 7.11. The third kappa shape index (κ3) is 3.92. The van der Waals surface area contributed by atoms with Gasteiger partial charge in [-0.2, -0.15) is 5.10 Å². The topological polar surface area (TPSA) is 67.2 Å². The largest absolute Gasteiger partial charge is 0.339 e. The van der Waals surface area contributed by atoms with E-state index in [-0.39, 0.29) is 11.8 Å². The molecule has 0 aliphatic heterocycles. The molecule has 0 saturated carbocycles. The predicted octanol–water partition coefficient (Wildman–Crippen LogP) is 4.76. The van der Waals surface area contributed by atoms with Gasteiger partial charge in [-0.1, -0.05) is 54.6 Å². The van der Waals surface area contributed by atoms with E-state index in [9.17, 15) is 9.59 Å². The molecular weight excluding hydrogens is 388 g/mol. The highest BCUT2D eigenvalue weighted by atomic mass is 16.2. The van der Waals surface area contributed by atoms with E-state index in [1.165, 1.54) is 6.20 Å². The van der Waals surface area contributed by atoms with E-state index in [1.807, 2.05) is 80.6 Å². The Bertz CT molecular complexity index is 1220. The van der Waals surface area contributed by atoms with E-state index in [2.05, 4.69) is 10.4 Å². The van der Waals surface area contributed by atoms with Crippen molar-refractivity contribution in [2.24, 2.45) is 0 Å². The van der Waals surface area contributed by atoms with Crippen molar-refractivity contribution < 1.29 is 9.59 Å². The van der Waals surface area contributed by atoms with Crippen LogP contribution in [-0.2, 0) is 0 Å². The second kappa shape index (κ2) is 8.83. The van der Waals surface area contributed by atoms with Gasteiger partial charge in [0.25, 0.3) is 11.8 Å². The van der Waals surface area contributed by atoms with Gasteiger partial charge in [-0.15, -0.1) is 0 Å². The highest BCUT2D eigenvalue weighted by molar-refractivity contribution is 6.14. The summed E-state index contributed by atoms with van der Waals surface area (Å²) in [6.07, 6.45) is 1.52. The average molecular weight is 412 g/mol. The van der Waals surface area contributed by atoms with Crippen LogP contribution in [0.2, 0.25) is 0 Å². The molecule has 0 saturated heterocycles. The SMILES string of the molecule is CCN(CC)C(=O)c1cnn(-c2ccccc2)c1NC(=O)c1cccc2ccccc12. The number of benzene rings is 3. The number of fused-ring (bicyclic) bond motifs is 1. The molecule has 4 rings (SSSR count). The Labute approximate surface area is 181 Å². The molecule has 6 nitrogen and oxygen atoms in total. The Morgan fingerprint density at radius 1 is 0.871 bits per heavy atom. The number of carbonyl (C=O) groups excluding carboxylic acids is 2. The number of hydrogen-bond acceptors (Lipinski definition) is 3. The second-order valence-corrected chi connectivity index (χ2v) is 7.11. The number of aromatic nitrogens is 2. The zero-order chi connectivity index (χ0) is 21.8. The lowest BCUT2D eigenvalue weighted by Gasteiger charge is -2.19. The molecule has 3 aromatic carbocycles. The molecule has 0 bridgehead atoms. The van der Waals surface area contributed by atoms with Gasteiger partial charge in [-0.25, -0.2) is 4.68 Å². The molecule has 6 heteroatoms. The van der Waals surface area contributed by atoms with E-state index in [0.717, 1.165) is 16.5 Å². The van der Waals surface area contributed by atoms with Crippen LogP contribution in [0.4, 0.5) is 5.82 Å². The minimum Gasteiger partial charge on any atom is -0.339 e. The van der Waals surface area contributed by atoms with Gasteiger partial charge in [0.2, 0.25) is 0 Å². The van der Waals surface area contributed by atoms with E-state index in [0.29, 0.717) is 30.0 Å². The molecule has 0 fully saturated rings. The van der Waals surface area contributed by atoms with Crippen LogP contribution in [0, 0.1) is 0 Å². The van der Waals surface area contributed by atoms with E-state index < -0.39 is 0 Å². The van der Waals surface area contributed by atoms with Crippen molar-refractivity contribution in [3.63, 3.8) is 0 Å². The Morgan fingerprint density at radius 2 is 1.55 bits per heavy atom. The fourth-order valence-electron chi connectivity index (χ4n) is 3.67. The van der Waals surface area contributed by atoms with Crippen molar-refractivity contribution in [3.8, 4) is 5.69 Å². The summed E-state index contributed by atoms with van der Waals surface area (Å²) in [7, 11) is 0. The number of carbonyl (C=O) groups is 2. The number of rotatable bonds is 6. The summed E-state index contributed by atoms with van der Waals surface area (Å²) in [5.41, 5.74) is 1.66. The van der Waals surface area contributed by atoms with Crippen LogP contribution in [0.3, 0.4) is 0 Å². The van der Waals surface area contributed by atoms with E-state index >= 15 is 0 Å². The molecule has 0 spiro atoms. The van der Waals surface area contributed by atoms with Crippen LogP contribution >= 0.6 is 0 Å². The van der Waals surface area contributed by atoms with Gasteiger partial charge in [0.1, 0.15) is 11.4 Å². The number of amides is 2. The third-order valence-electron chi connectivity index (χ3n) is 5.32. The van der Waals surface area contributed by atoms with Crippen molar-refractivity contribution >= 4 is 28.4 Å². The standard InChI is InChI=1S/C25H24N4O2/c1-3-28(4-2)25(31)22-17-26-29(19-13-6-5-7-14-19)23(22)27-24(30)21-16-10-12-18-11-8-9-15-20(18)21/h5-17H,3-4H2,1-2H3,(H,27,30). The summed E-state index contributed by atoms with van der Waals surface area (Å²) in [5.74, 6) is -0.0930. The van der Waals surface area contributed by atoms with Crippen LogP contribution in [-0.4, -0.2) is 39.6 Å². The summed E-state index contributed by atoms with van der Waals surface area (Å²) < 4.78 is 1.60. The first-order chi connectivity index (χ1) is 15.1. The maximum atomic E-state index is 13.3. The molecule has 156 valence electrons. The molecule has 1 N–H and O–H groups in total. The van der Waals surface area contributed by atoms with Crippen LogP contribution in [0.15, 0.2) is 79.0 Å². The minimum absolute atomic E-state index is 0.166. The molecule has 2 amide bonds. The Morgan fingerprint density at radius 3 is 2.29 bits per heavy atom. The van der Waals surface area contributed by atoms with Crippen LogP contribution in [0.25, 0.3) is 16.5 Å². The molecular formula is C25H24N4O2. The lowest BCUT2D eigenvalue weighted by Crippen LogP contribution is -2.31. The van der Waals surface area contributed by atoms with Crippen LogP contribution in [0.1, 0.15) is 34.6 Å². The fourth-order valence-corrected chi connectivity index (χ4v) is 3.67. The van der Waals surface area contributed by atoms with Gasteiger partial charge < -0.3 is 10.2 Å². The minimum atomic E-state index is -0.289. The van der Waals surface area contributed by atoms with Gasteiger partial charge >= 0.3 is 0 Å². The molecule has 1 heterocycles. The molecule has 31 heavy (non-hydrogen) atoms. The summed E-state index contributed by atoms with van der Waals surface area (Å²) in [6, 6.07) is 22.8. The van der Waals surface area contributed by atoms with Gasteiger partial charge in [0.05, 0.1) is 11.9 Å². The normalized spacial score (nSPS) is 10.8. The zero-order valence-corrected chi connectivity index (χ0v) is 17.6. The molecule has 0 radical (unpaired) electrons. The van der Waals surface area contributed by atoms with Crippen molar-refractivity contribution in [1.82, 2.24) is 14.7 Å². The van der Waals surface area contributed by atoms with E-state index in [1.54, 1.807) is 15.6 Å². The van der Waals surface area contributed by atoms with E-state index in [4.69, 9.17) is 0 Å².